The number of carbonyl (C=O) groups is 1. The smallest absolute Gasteiger partial charge is 0.342 e. The molecule has 5 nitrogen and oxygen atoms in total. The molecule has 1 heterocycles. The van der Waals surface area contributed by atoms with E-state index in [9.17, 15) is 4.79 Å². The number of benzene rings is 2. The van der Waals surface area contributed by atoms with Gasteiger partial charge in [0.15, 0.2) is 0 Å². The zero-order valence-electron chi connectivity index (χ0n) is 14.4. The van der Waals surface area contributed by atoms with Gasteiger partial charge in [0.1, 0.15) is 36.0 Å². The molecule has 3 rings (SSSR count). The van der Waals surface area contributed by atoms with Crippen molar-refractivity contribution in [1.29, 1.82) is 0 Å². The number of rotatable bonds is 7. The molecule has 0 radical (unpaired) electrons. The van der Waals surface area contributed by atoms with Crippen LogP contribution in [0.2, 0.25) is 0 Å². The molecular formula is C21H19NO4. The molecule has 0 atom stereocenters. The third kappa shape index (κ3) is 4.83. The molecule has 0 saturated heterocycles. The summed E-state index contributed by atoms with van der Waals surface area (Å²) in [4.78, 5) is 16.3. The lowest BCUT2D eigenvalue weighted by Gasteiger charge is -2.11. The Morgan fingerprint density at radius 3 is 2.62 bits per heavy atom. The summed E-state index contributed by atoms with van der Waals surface area (Å²) in [5, 5.41) is 0. The van der Waals surface area contributed by atoms with Crippen LogP contribution in [0.1, 0.15) is 15.9 Å². The van der Waals surface area contributed by atoms with Gasteiger partial charge in [-0.3, -0.25) is 4.98 Å². The van der Waals surface area contributed by atoms with Crippen LogP contribution >= 0.6 is 0 Å². The number of hydrogen-bond donors (Lipinski definition) is 0. The average Bonchev–Trinajstić information content (AvgIpc) is 2.66. The average molecular weight is 349 g/mol. The Morgan fingerprint density at radius 1 is 0.962 bits per heavy atom. The molecule has 132 valence electrons. The highest BCUT2D eigenvalue weighted by Gasteiger charge is 2.14. The number of para-hydroxylation sites is 1. The molecule has 0 aliphatic carbocycles. The Morgan fingerprint density at radius 2 is 1.81 bits per heavy atom. The second-order valence-electron chi connectivity index (χ2n) is 5.59. The predicted molar refractivity (Wildman–Crippen MR) is 97.7 cm³/mol. The van der Waals surface area contributed by atoms with Crippen LogP contribution in [0.3, 0.4) is 0 Å². The van der Waals surface area contributed by atoms with Crippen LogP contribution in [-0.2, 0) is 4.74 Å². The molecule has 0 aliphatic rings. The number of aryl methyl sites for hydroxylation is 1. The maximum atomic E-state index is 12.3. The maximum Gasteiger partial charge on any atom is 0.342 e. The Bertz CT molecular complexity index is 865. The summed E-state index contributed by atoms with van der Waals surface area (Å²) in [7, 11) is 0. The number of hydrogen-bond acceptors (Lipinski definition) is 5. The fourth-order valence-electron chi connectivity index (χ4n) is 2.34. The molecule has 3 aromatic rings. The van der Waals surface area contributed by atoms with Crippen LogP contribution in [0.15, 0.2) is 73.1 Å². The molecule has 2 aromatic carbocycles. The van der Waals surface area contributed by atoms with Crippen molar-refractivity contribution in [3.63, 3.8) is 0 Å². The van der Waals surface area contributed by atoms with E-state index in [2.05, 4.69) is 4.98 Å². The largest absolute Gasteiger partial charge is 0.490 e. The first-order chi connectivity index (χ1) is 12.7. The van der Waals surface area contributed by atoms with Crippen LogP contribution in [0.5, 0.6) is 17.2 Å². The normalized spacial score (nSPS) is 10.2. The van der Waals surface area contributed by atoms with Gasteiger partial charge in [-0.05, 0) is 48.9 Å². The van der Waals surface area contributed by atoms with Gasteiger partial charge in [0, 0.05) is 6.20 Å². The van der Waals surface area contributed by atoms with E-state index in [1.807, 2.05) is 31.2 Å². The molecule has 26 heavy (non-hydrogen) atoms. The van der Waals surface area contributed by atoms with Gasteiger partial charge in [-0.1, -0.05) is 24.3 Å². The summed E-state index contributed by atoms with van der Waals surface area (Å²) in [6, 6.07) is 18.2. The molecule has 0 aliphatic heterocycles. The van der Waals surface area contributed by atoms with E-state index in [0.717, 1.165) is 11.3 Å². The summed E-state index contributed by atoms with van der Waals surface area (Å²) in [6.07, 6.45) is 3.24. The summed E-state index contributed by atoms with van der Waals surface area (Å²) < 4.78 is 16.6. The number of aromatic nitrogens is 1. The second-order valence-corrected chi connectivity index (χ2v) is 5.59. The molecule has 1 aromatic heterocycles. The van der Waals surface area contributed by atoms with E-state index in [4.69, 9.17) is 14.2 Å². The summed E-state index contributed by atoms with van der Waals surface area (Å²) in [5.41, 5.74) is 1.47. The van der Waals surface area contributed by atoms with E-state index < -0.39 is 5.97 Å². The minimum Gasteiger partial charge on any atom is -0.490 e. The third-order valence-corrected chi connectivity index (χ3v) is 3.54. The van der Waals surface area contributed by atoms with Gasteiger partial charge < -0.3 is 14.2 Å². The number of carbonyl (C=O) groups excluding carboxylic acids is 1. The number of nitrogens with zero attached hydrogens (tertiary/aromatic N) is 1. The fraction of sp³-hybridized carbons (Fsp3) is 0.143. The van der Waals surface area contributed by atoms with Crippen LogP contribution in [0.4, 0.5) is 0 Å². The van der Waals surface area contributed by atoms with Crippen molar-refractivity contribution in [2.24, 2.45) is 0 Å². The monoisotopic (exact) mass is 349 g/mol. The van der Waals surface area contributed by atoms with Gasteiger partial charge in [-0.2, -0.15) is 0 Å². The van der Waals surface area contributed by atoms with Crippen molar-refractivity contribution in [3.8, 4) is 17.2 Å². The van der Waals surface area contributed by atoms with Gasteiger partial charge in [0.2, 0.25) is 0 Å². The fourth-order valence-corrected chi connectivity index (χ4v) is 2.34. The lowest BCUT2D eigenvalue weighted by atomic mass is 10.2. The quantitative estimate of drug-likeness (QED) is 0.467. The molecule has 0 spiro atoms. The van der Waals surface area contributed by atoms with E-state index >= 15 is 0 Å². The third-order valence-electron chi connectivity index (χ3n) is 3.54. The SMILES string of the molecule is Cc1cccc(OCCOC(=O)c2ccccc2Oc2cccnc2)c1. The molecule has 0 unspecified atom stereocenters. The molecule has 0 bridgehead atoms. The molecule has 0 fully saturated rings. The maximum absolute atomic E-state index is 12.3. The Labute approximate surface area is 152 Å². The lowest BCUT2D eigenvalue weighted by Crippen LogP contribution is -2.13. The van der Waals surface area contributed by atoms with Crippen LogP contribution in [0.25, 0.3) is 0 Å². The van der Waals surface area contributed by atoms with Crippen LogP contribution in [0, 0.1) is 6.92 Å². The number of ether oxygens (including phenoxy) is 3. The van der Waals surface area contributed by atoms with Crippen molar-refractivity contribution in [1.82, 2.24) is 4.98 Å². The van der Waals surface area contributed by atoms with Crippen molar-refractivity contribution in [3.05, 3.63) is 84.2 Å². The Balaban J connectivity index is 1.56. The summed E-state index contributed by atoms with van der Waals surface area (Å²) in [6.45, 7) is 2.42. The van der Waals surface area contributed by atoms with Crippen molar-refractivity contribution in [2.45, 2.75) is 6.92 Å². The molecular weight excluding hydrogens is 330 g/mol. The zero-order chi connectivity index (χ0) is 18.2. The number of pyridine rings is 1. The van der Waals surface area contributed by atoms with Gasteiger partial charge in [-0.25, -0.2) is 4.79 Å². The van der Waals surface area contributed by atoms with Gasteiger partial charge in [-0.15, -0.1) is 0 Å². The van der Waals surface area contributed by atoms with Crippen LogP contribution in [-0.4, -0.2) is 24.2 Å². The highest BCUT2D eigenvalue weighted by molar-refractivity contribution is 5.92. The first kappa shape index (κ1) is 17.5. The van der Waals surface area contributed by atoms with Crippen LogP contribution < -0.4 is 9.47 Å². The highest BCUT2D eigenvalue weighted by atomic mass is 16.6. The van der Waals surface area contributed by atoms with Gasteiger partial charge in [0.25, 0.3) is 0 Å². The van der Waals surface area contributed by atoms with E-state index in [1.165, 1.54) is 0 Å². The first-order valence-corrected chi connectivity index (χ1v) is 8.26. The van der Waals surface area contributed by atoms with Crippen molar-refractivity contribution < 1.29 is 19.0 Å². The van der Waals surface area contributed by atoms with Crippen molar-refractivity contribution in [2.75, 3.05) is 13.2 Å². The Kier molecular flexibility index (Phi) is 5.83. The standard InChI is InChI=1S/C21H19NO4/c1-16-6-4-7-17(14-16)24-12-13-25-21(23)19-9-2-3-10-20(19)26-18-8-5-11-22-15-18/h2-11,14-15H,12-13H2,1H3. The molecule has 5 heteroatoms. The molecule has 0 amide bonds. The first-order valence-electron chi connectivity index (χ1n) is 8.26. The Hall–Kier alpha value is -3.34. The highest BCUT2D eigenvalue weighted by Crippen LogP contribution is 2.25. The minimum atomic E-state index is -0.461. The summed E-state index contributed by atoms with van der Waals surface area (Å²) >= 11 is 0. The lowest BCUT2D eigenvalue weighted by molar-refractivity contribution is 0.0447. The predicted octanol–water partition coefficient (Wildman–Crippen LogP) is 4.42. The van der Waals surface area contributed by atoms with Crippen molar-refractivity contribution >= 4 is 5.97 Å². The second kappa shape index (κ2) is 8.67. The topological polar surface area (TPSA) is 57.7 Å². The minimum absolute atomic E-state index is 0.147. The zero-order valence-corrected chi connectivity index (χ0v) is 14.4. The molecule has 0 saturated carbocycles. The summed E-state index contributed by atoms with van der Waals surface area (Å²) in [5.74, 6) is 1.26. The van der Waals surface area contributed by atoms with Gasteiger partial charge >= 0.3 is 5.97 Å². The van der Waals surface area contributed by atoms with E-state index in [-0.39, 0.29) is 13.2 Å². The van der Waals surface area contributed by atoms with E-state index in [1.54, 1.807) is 48.8 Å². The molecule has 0 N–H and O–H groups in total. The number of esters is 1. The van der Waals surface area contributed by atoms with Gasteiger partial charge in [0.05, 0.1) is 6.20 Å². The van der Waals surface area contributed by atoms with E-state index in [0.29, 0.717) is 17.1 Å².